The van der Waals surface area contributed by atoms with Gasteiger partial charge in [0.15, 0.2) is 4.96 Å². The smallest absolute Gasteiger partial charge is 0.266 e. The van der Waals surface area contributed by atoms with E-state index < -0.39 is 0 Å². The number of carbonyl (C=O) groups is 1. The van der Waals surface area contributed by atoms with E-state index in [4.69, 9.17) is 14.5 Å². The SMILES string of the molecule is COc1cccc(-c2nc3sc(C(=O)N4CCOCC4)c(C)n3c2NC(C)(C)C)c1. The van der Waals surface area contributed by atoms with E-state index in [0.717, 1.165) is 38.4 Å². The summed E-state index contributed by atoms with van der Waals surface area (Å²) in [5.74, 6) is 1.72. The summed E-state index contributed by atoms with van der Waals surface area (Å²) in [4.78, 5) is 21.4. The Bertz CT molecular complexity index is 1070. The molecule has 0 aliphatic carbocycles. The average molecular weight is 429 g/mol. The molecule has 0 atom stereocenters. The second-order valence-corrected chi connectivity index (χ2v) is 9.43. The highest BCUT2D eigenvalue weighted by Gasteiger charge is 2.28. The monoisotopic (exact) mass is 428 g/mol. The molecule has 0 saturated carbocycles. The fraction of sp³-hybridized carbons (Fsp3) is 0.455. The van der Waals surface area contributed by atoms with Crippen molar-refractivity contribution in [3.63, 3.8) is 0 Å². The number of benzene rings is 1. The molecule has 1 N–H and O–H groups in total. The molecule has 1 amide bonds. The predicted octanol–water partition coefficient (Wildman–Crippen LogP) is 4.06. The van der Waals surface area contributed by atoms with Crippen molar-refractivity contribution in [3.8, 4) is 17.0 Å². The quantitative estimate of drug-likeness (QED) is 0.679. The number of fused-ring (bicyclic) bond motifs is 1. The minimum atomic E-state index is -0.174. The van der Waals surface area contributed by atoms with Gasteiger partial charge in [0.25, 0.3) is 5.91 Å². The van der Waals surface area contributed by atoms with Gasteiger partial charge < -0.3 is 19.7 Å². The number of ether oxygens (including phenoxy) is 2. The van der Waals surface area contributed by atoms with Gasteiger partial charge in [-0.05, 0) is 39.8 Å². The molecule has 7 nitrogen and oxygen atoms in total. The van der Waals surface area contributed by atoms with E-state index in [1.165, 1.54) is 11.3 Å². The molecule has 1 aliphatic rings. The molecule has 1 saturated heterocycles. The Morgan fingerprint density at radius 2 is 2.00 bits per heavy atom. The van der Waals surface area contributed by atoms with Crippen LogP contribution in [-0.4, -0.2) is 59.1 Å². The highest BCUT2D eigenvalue weighted by Crippen LogP contribution is 2.37. The molecule has 0 bridgehead atoms. The Hall–Kier alpha value is -2.58. The van der Waals surface area contributed by atoms with Gasteiger partial charge in [-0.15, -0.1) is 0 Å². The van der Waals surface area contributed by atoms with Gasteiger partial charge in [-0.25, -0.2) is 4.98 Å². The zero-order chi connectivity index (χ0) is 21.5. The van der Waals surface area contributed by atoms with Crippen molar-refractivity contribution in [1.29, 1.82) is 0 Å². The van der Waals surface area contributed by atoms with Gasteiger partial charge >= 0.3 is 0 Å². The van der Waals surface area contributed by atoms with Gasteiger partial charge in [-0.1, -0.05) is 23.5 Å². The summed E-state index contributed by atoms with van der Waals surface area (Å²) >= 11 is 1.44. The fourth-order valence-corrected chi connectivity index (χ4v) is 4.69. The number of hydrogen-bond acceptors (Lipinski definition) is 6. The molecule has 2 aromatic heterocycles. The number of hydrogen-bond donors (Lipinski definition) is 1. The molecule has 0 unspecified atom stereocenters. The summed E-state index contributed by atoms with van der Waals surface area (Å²) < 4.78 is 12.9. The van der Waals surface area contributed by atoms with Crippen LogP contribution in [0.2, 0.25) is 0 Å². The number of imidazole rings is 1. The molecule has 1 aliphatic heterocycles. The topological polar surface area (TPSA) is 68.1 Å². The second kappa shape index (κ2) is 7.92. The van der Waals surface area contributed by atoms with E-state index in [-0.39, 0.29) is 11.4 Å². The van der Waals surface area contributed by atoms with Crippen LogP contribution in [0, 0.1) is 6.92 Å². The lowest BCUT2D eigenvalue weighted by atomic mass is 10.1. The molecule has 1 aromatic carbocycles. The minimum Gasteiger partial charge on any atom is -0.497 e. The minimum absolute atomic E-state index is 0.0518. The number of nitrogens with zero attached hydrogens (tertiary/aromatic N) is 3. The lowest BCUT2D eigenvalue weighted by Gasteiger charge is -2.26. The molecule has 160 valence electrons. The standard InChI is InChI=1S/C22H28N4O3S/c1-14-18(20(27)25-9-11-29-12-10-25)30-21-23-17(15-7-6-8-16(13-15)28-5)19(26(14)21)24-22(2,3)4/h6-8,13,24H,9-12H2,1-5H3. The van der Waals surface area contributed by atoms with Crippen molar-refractivity contribution in [3.05, 3.63) is 34.8 Å². The van der Waals surface area contributed by atoms with Crippen LogP contribution >= 0.6 is 11.3 Å². The van der Waals surface area contributed by atoms with Crippen LogP contribution in [0.1, 0.15) is 36.1 Å². The predicted molar refractivity (Wildman–Crippen MR) is 120 cm³/mol. The van der Waals surface area contributed by atoms with Gasteiger partial charge in [0, 0.05) is 29.9 Å². The molecule has 4 rings (SSSR count). The summed E-state index contributed by atoms with van der Waals surface area (Å²) in [7, 11) is 1.66. The van der Waals surface area contributed by atoms with Crippen LogP contribution in [0.15, 0.2) is 24.3 Å². The fourth-order valence-electron chi connectivity index (χ4n) is 3.60. The Kier molecular flexibility index (Phi) is 5.46. The first-order valence-electron chi connectivity index (χ1n) is 10.1. The number of nitrogens with one attached hydrogen (secondary N) is 1. The summed E-state index contributed by atoms with van der Waals surface area (Å²) in [6, 6.07) is 7.89. The maximum atomic E-state index is 13.1. The lowest BCUT2D eigenvalue weighted by Crippen LogP contribution is -2.40. The van der Waals surface area contributed by atoms with Crippen LogP contribution < -0.4 is 10.1 Å². The van der Waals surface area contributed by atoms with E-state index in [9.17, 15) is 4.79 Å². The number of aromatic nitrogens is 2. The van der Waals surface area contributed by atoms with Crippen molar-refractivity contribution in [2.24, 2.45) is 0 Å². The Labute approximate surface area is 180 Å². The van der Waals surface area contributed by atoms with Gasteiger partial charge in [-0.2, -0.15) is 0 Å². The number of carbonyl (C=O) groups excluding carboxylic acids is 1. The molecule has 30 heavy (non-hydrogen) atoms. The first-order chi connectivity index (χ1) is 14.3. The Morgan fingerprint density at radius 1 is 1.27 bits per heavy atom. The highest BCUT2D eigenvalue weighted by atomic mass is 32.1. The number of methoxy groups -OCH3 is 1. The third-order valence-corrected chi connectivity index (χ3v) is 6.16. The van der Waals surface area contributed by atoms with Crippen molar-refractivity contribution in [2.45, 2.75) is 33.2 Å². The largest absolute Gasteiger partial charge is 0.497 e. The number of morpholine rings is 1. The second-order valence-electron chi connectivity index (χ2n) is 8.46. The van der Waals surface area contributed by atoms with Crippen molar-refractivity contribution in [1.82, 2.24) is 14.3 Å². The average Bonchev–Trinajstić information content (AvgIpc) is 3.24. The molecule has 3 heterocycles. The molecule has 3 aromatic rings. The van der Waals surface area contributed by atoms with Gasteiger partial charge in [0.05, 0.1) is 20.3 Å². The summed E-state index contributed by atoms with van der Waals surface area (Å²) in [6.07, 6.45) is 0. The van der Waals surface area contributed by atoms with Crippen molar-refractivity contribution in [2.75, 3.05) is 38.7 Å². The number of amides is 1. The number of anilines is 1. The number of thiazole rings is 1. The molecular formula is C22H28N4O3S. The molecular weight excluding hydrogens is 400 g/mol. The number of rotatable bonds is 4. The Balaban J connectivity index is 1.83. The summed E-state index contributed by atoms with van der Waals surface area (Å²) in [5, 5.41) is 3.60. The summed E-state index contributed by atoms with van der Waals surface area (Å²) in [5.41, 5.74) is 2.55. The first-order valence-corrected chi connectivity index (χ1v) is 10.9. The van der Waals surface area contributed by atoms with E-state index >= 15 is 0 Å². The Morgan fingerprint density at radius 3 is 2.67 bits per heavy atom. The normalized spacial score (nSPS) is 14.9. The number of aryl methyl sites for hydroxylation is 1. The lowest BCUT2D eigenvalue weighted by molar-refractivity contribution is 0.0305. The molecule has 0 radical (unpaired) electrons. The zero-order valence-electron chi connectivity index (χ0n) is 18.1. The molecule has 8 heteroatoms. The van der Waals surface area contributed by atoms with Gasteiger partial charge in [0.1, 0.15) is 22.1 Å². The molecule has 0 spiro atoms. The maximum absolute atomic E-state index is 13.1. The third kappa shape index (κ3) is 3.89. The maximum Gasteiger partial charge on any atom is 0.266 e. The van der Waals surface area contributed by atoms with Crippen molar-refractivity contribution < 1.29 is 14.3 Å². The molecule has 1 fully saturated rings. The van der Waals surface area contributed by atoms with E-state index in [0.29, 0.717) is 26.3 Å². The first kappa shape index (κ1) is 20.7. The zero-order valence-corrected chi connectivity index (χ0v) is 18.9. The van der Waals surface area contributed by atoms with Crippen LogP contribution in [-0.2, 0) is 4.74 Å². The third-order valence-electron chi connectivity index (χ3n) is 5.03. The van der Waals surface area contributed by atoms with Crippen LogP contribution in [0.25, 0.3) is 16.2 Å². The van der Waals surface area contributed by atoms with E-state index in [1.54, 1.807) is 7.11 Å². The van der Waals surface area contributed by atoms with Gasteiger partial charge in [-0.3, -0.25) is 9.20 Å². The van der Waals surface area contributed by atoms with Gasteiger partial charge in [0.2, 0.25) is 0 Å². The van der Waals surface area contributed by atoms with Crippen molar-refractivity contribution >= 4 is 28.0 Å². The summed E-state index contributed by atoms with van der Waals surface area (Å²) in [6.45, 7) is 10.8. The van der Waals surface area contributed by atoms with Crippen LogP contribution in [0.4, 0.5) is 5.82 Å². The van der Waals surface area contributed by atoms with E-state index in [1.807, 2.05) is 36.1 Å². The highest BCUT2D eigenvalue weighted by molar-refractivity contribution is 7.19. The van der Waals surface area contributed by atoms with Crippen LogP contribution in [0.5, 0.6) is 5.75 Å². The van der Waals surface area contributed by atoms with Crippen LogP contribution in [0.3, 0.4) is 0 Å². The van der Waals surface area contributed by atoms with E-state index in [2.05, 4.69) is 30.5 Å².